The maximum atomic E-state index is 12.3. The van der Waals surface area contributed by atoms with E-state index in [0.29, 0.717) is 17.1 Å². The Kier molecular flexibility index (Phi) is 4.01. The number of nitrogens with one attached hydrogen (secondary N) is 3. The van der Waals surface area contributed by atoms with Crippen LogP contribution < -0.4 is 20.7 Å². The zero-order valence-electron chi connectivity index (χ0n) is 13.7. The molecule has 1 aliphatic carbocycles. The Morgan fingerprint density at radius 1 is 1.16 bits per heavy atom. The molecule has 0 radical (unpaired) electrons. The SMILES string of the molecule is O=C1COc2ccc(NC(=O)NC3CCc4ccccc4C3)cc2N1. The number of ether oxygens (including phenoxy) is 1. The van der Waals surface area contributed by atoms with Crippen LogP contribution in [0.2, 0.25) is 0 Å². The third kappa shape index (κ3) is 3.42. The number of fused-ring (bicyclic) bond motifs is 2. The first kappa shape index (κ1) is 15.5. The van der Waals surface area contributed by atoms with Gasteiger partial charge in [-0.1, -0.05) is 24.3 Å². The standard InChI is InChI=1S/C19H19N3O3/c23-18-11-25-17-8-7-15(10-16(17)22-18)21-19(24)20-14-6-5-12-3-1-2-4-13(12)9-14/h1-4,7-8,10,14H,5-6,9,11H2,(H,22,23)(H2,20,21,24). The van der Waals surface area contributed by atoms with Crippen LogP contribution in [-0.4, -0.2) is 24.6 Å². The van der Waals surface area contributed by atoms with Gasteiger partial charge in [0.1, 0.15) is 5.75 Å². The molecule has 0 saturated heterocycles. The van der Waals surface area contributed by atoms with Crippen molar-refractivity contribution in [2.45, 2.75) is 25.3 Å². The lowest BCUT2D eigenvalue weighted by atomic mass is 9.88. The second-order valence-corrected chi connectivity index (χ2v) is 6.35. The zero-order valence-corrected chi connectivity index (χ0v) is 13.7. The first-order valence-corrected chi connectivity index (χ1v) is 8.38. The zero-order chi connectivity index (χ0) is 17.2. The molecule has 1 heterocycles. The molecule has 0 bridgehead atoms. The van der Waals surface area contributed by atoms with Gasteiger partial charge >= 0.3 is 6.03 Å². The minimum Gasteiger partial charge on any atom is -0.482 e. The number of anilines is 2. The van der Waals surface area contributed by atoms with Crippen molar-refractivity contribution >= 4 is 23.3 Å². The number of rotatable bonds is 2. The highest BCUT2D eigenvalue weighted by molar-refractivity contribution is 5.97. The first-order valence-electron chi connectivity index (χ1n) is 8.38. The van der Waals surface area contributed by atoms with E-state index in [-0.39, 0.29) is 24.6 Å². The minimum atomic E-state index is -0.243. The minimum absolute atomic E-state index is 0.0173. The summed E-state index contributed by atoms with van der Waals surface area (Å²) >= 11 is 0. The number of aryl methyl sites for hydroxylation is 1. The summed E-state index contributed by atoms with van der Waals surface area (Å²) in [4.78, 5) is 23.7. The molecule has 0 spiro atoms. The highest BCUT2D eigenvalue weighted by atomic mass is 16.5. The first-order chi connectivity index (χ1) is 12.2. The highest BCUT2D eigenvalue weighted by Gasteiger charge is 2.20. The fourth-order valence-electron chi connectivity index (χ4n) is 3.33. The molecule has 2 aromatic carbocycles. The summed E-state index contributed by atoms with van der Waals surface area (Å²) in [6.07, 6.45) is 2.75. The fraction of sp³-hybridized carbons (Fsp3) is 0.263. The van der Waals surface area contributed by atoms with Gasteiger partial charge in [0.2, 0.25) is 0 Å². The lowest BCUT2D eigenvalue weighted by molar-refractivity contribution is -0.118. The van der Waals surface area contributed by atoms with E-state index in [4.69, 9.17) is 4.74 Å². The Morgan fingerprint density at radius 2 is 2.00 bits per heavy atom. The average molecular weight is 337 g/mol. The molecule has 2 aromatic rings. The van der Waals surface area contributed by atoms with Crippen molar-refractivity contribution in [2.75, 3.05) is 17.2 Å². The van der Waals surface area contributed by atoms with Crippen LogP contribution >= 0.6 is 0 Å². The van der Waals surface area contributed by atoms with Gasteiger partial charge in [-0.25, -0.2) is 4.79 Å². The molecule has 6 heteroatoms. The average Bonchev–Trinajstić information content (AvgIpc) is 2.61. The molecule has 1 aliphatic heterocycles. The van der Waals surface area contributed by atoms with Gasteiger partial charge in [-0.3, -0.25) is 4.79 Å². The van der Waals surface area contributed by atoms with E-state index < -0.39 is 0 Å². The van der Waals surface area contributed by atoms with Gasteiger partial charge < -0.3 is 20.7 Å². The van der Waals surface area contributed by atoms with Crippen molar-refractivity contribution in [2.24, 2.45) is 0 Å². The molecule has 0 fully saturated rings. The van der Waals surface area contributed by atoms with Crippen molar-refractivity contribution < 1.29 is 14.3 Å². The van der Waals surface area contributed by atoms with Crippen LogP contribution in [0.3, 0.4) is 0 Å². The summed E-state index contributed by atoms with van der Waals surface area (Å²) in [5, 5.41) is 8.58. The molecule has 2 aliphatic rings. The summed E-state index contributed by atoms with van der Waals surface area (Å²) in [7, 11) is 0. The van der Waals surface area contributed by atoms with Gasteiger partial charge in [0.15, 0.2) is 6.61 Å². The predicted octanol–water partition coefficient (Wildman–Crippen LogP) is 2.70. The van der Waals surface area contributed by atoms with Gasteiger partial charge in [-0.15, -0.1) is 0 Å². The Balaban J connectivity index is 1.38. The molecule has 1 unspecified atom stereocenters. The van der Waals surface area contributed by atoms with Crippen LogP contribution in [0.25, 0.3) is 0 Å². The number of amides is 3. The number of carbonyl (C=O) groups excluding carboxylic acids is 2. The summed E-state index contributed by atoms with van der Waals surface area (Å²) in [6.45, 7) is 0.0173. The Labute approximate surface area is 145 Å². The summed E-state index contributed by atoms with van der Waals surface area (Å²) in [5.74, 6) is 0.407. The number of hydrogen-bond acceptors (Lipinski definition) is 3. The third-order valence-corrected chi connectivity index (χ3v) is 4.55. The van der Waals surface area contributed by atoms with Crippen LogP contribution in [0.1, 0.15) is 17.5 Å². The normalized spacial score (nSPS) is 18.2. The van der Waals surface area contributed by atoms with E-state index in [1.165, 1.54) is 11.1 Å². The maximum Gasteiger partial charge on any atom is 0.319 e. The van der Waals surface area contributed by atoms with Crippen molar-refractivity contribution in [3.63, 3.8) is 0 Å². The van der Waals surface area contributed by atoms with Gasteiger partial charge in [0.05, 0.1) is 5.69 Å². The van der Waals surface area contributed by atoms with Gasteiger partial charge in [-0.05, 0) is 48.6 Å². The van der Waals surface area contributed by atoms with Crippen molar-refractivity contribution in [3.05, 3.63) is 53.6 Å². The van der Waals surface area contributed by atoms with Crippen molar-refractivity contribution in [1.29, 1.82) is 0 Å². The summed E-state index contributed by atoms with van der Waals surface area (Å²) in [6, 6.07) is 13.4. The maximum absolute atomic E-state index is 12.3. The van der Waals surface area contributed by atoms with E-state index >= 15 is 0 Å². The molecule has 1 atom stereocenters. The van der Waals surface area contributed by atoms with Crippen LogP contribution in [0.15, 0.2) is 42.5 Å². The summed E-state index contributed by atoms with van der Waals surface area (Å²) < 4.78 is 5.31. The number of benzene rings is 2. The van der Waals surface area contributed by atoms with E-state index in [1.807, 2.05) is 6.07 Å². The molecule has 128 valence electrons. The predicted molar refractivity (Wildman–Crippen MR) is 95.0 cm³/mol. The van der Waals surface area contributed by atoms with E-state index in [1.54, 1.807) is 18.2 Å². The van der Waals surface area contributed by atoms with Crippen molar-refractivity contribution in [1.82, 2.24) is 5.32 Å². The Hall–Kier alpha value is -3.02. The highest BCUT2D eigenvalue weighted by Crippen LogP contribution is 2.30. The molecule has 6 nitrogen and oxygen atoms in total. The quantitative estimate of drug-likeness (QED) is 0.788. The molecule has 3 amide bonds. The van der Waals surface area contributed by atoms with Crippen LogP contribution in [0.5, 0.6) is 5.75 Å². The lowest BCUT2D eigenvalue weighted by Crippen LogP contribution is -2.41. The summed E-state index contributed by atoms with van der Waals surface area (Å²) in [5.41, 5.74) is 3.85. The second kappa shape index (κ2) is 6.47. The van der Waals surface area contributed by atoms with E-state index in [9.17, 15) is 9.59 Å². The van der Waals surface area contributed by atoms with Gasteiger partial charge in [-0.2, -0.15) is 0 Å². The molecular formula is C19H19N3O3. The Morgan fingerprint density at radius 3 is 2.88 bits per heavy atom. The third-order valence-electron chi connectivity index (χ3n) is 4.55. The largest absolute Gasteiger partial charge is 0.482 e. The smallest absolute Gasteiger partial charge is 0.319 e. The topological polar surface area (TPSA) is 79.5 Å². The fourth-order valence-corrected chi connectivity index (χ4v) is 3.33. The number of carbonyl (C=O) groups is 2. The van der Waals surface area contributed by atoms with E-state index in [0.717, 1.165) is 19.3 Å². The molecule has 4 rings (SSSR count). The van der Waals surface area contributed by atoms with Gasteiger partial charge in [0.25, 0.3) is 5.91 Å². The lowest BCUT2D eigenvalue weighted by Gasteiger charge is -2.25. The van der Waals surface area contributed by atoms with Crippen LogP contribution in [0, 0.1) is 0 Å². The molecule has 0 saturated carbocycles. The number of hydrogen-bond donors (Lipinski definition) is 3. The van der Waals surface area contributed by atoms with Crippen LogP contribution in [-0.2, 0) is 17.6 Å². The van der Waals surface area contributed by atoms with E-state index in [2.05, 4.69) is 34.1 Å². The van der Waals surface area contributed by atoms with Crippen molar-refractivity contribution in [3.8, 4) is 5.75 Å². The van der Waals surface area contributed by atoms with Gasteiger partial charge in [0, 0.05) is 11.7 Å². The number of urea groups is 1. The molecule has 0 aromatic heterocycles. The Bertz CT molecular complexity index is 834. The van der Waals surface area contributed by atoms with Crippen LogP contribution in [0.4, 0.5) is 16.2 Å². The molecule has 3 N–H and O–H groups in total. The monoisotopic (exact) mass is 337 g/mol. The molecular weight excluding hydrogens is 318 g/mol. The molecule has 25 heavy (non-hydrogen) atoms. The second-order valence-electron chi connectivity index (χ2n) is 6.35.